The maximum Gasteiger partial charge on any atom is 0.238 e. The highest BCUT2D eigenvalue weighted by Gasteiger charge is 2.14. The van der Waals surface area contributed by atoms with E-state index in [0.717, 1.165) is 17.7 Å². The summed E-state index contributed by atoms with van der Waals surface area (Å²) in [5.41, 5.74) is 0.889. The SMILES string of the molecule is CCN(CC(=O)NCc1ccc(F)cc1)CC(=O)Nc1ccc(F)c(F)c1. The van der Waals surface area contributed by atoms with Crippen LogP contribution in [0.3, 0.4) is 0 Å². The number of nitrogens with zero attached hydrogens (tertiary/aromatic N) is 1. The number of benzene rings is 2. The topological polar surface area (TPSA) is 61.4 Å². The van der Waals surface area contributed by atoms with Gasteiger partial charge in [-0.1, -0.05) is 19.1 Å². The molecule has 2 amide bonds. The molecule has 0 bridgehead atoms. The summed E-state index contributed by atoms with van der Waals surface area (Å²) in [5, 5.41) is 5.15. The normalized spacial score (nSPS) is 10.7. The molecular weight excluding hydrogens is 359 g/mol. The summed E-state index contributed by atoms with van der Waals surface area (Å²) in [7, 11) is 0. The molecule has 2 aromatic rings. The van der Waals surface area contributed by atoms with E-state index >= 15 is 0 Å². The lowest BCUT2D eigenvalue weighted by Gasteiger charge is -2.19. The molecule has 0 atom stereocenters. The molecule has 144 valence electrons. The van der Waals surface area contributed by atoms with E-state index in [4.69, 9.17) is 0 Å². The van der Waals surface area contributed by atoms with Gasteiger partial charge in [0, 0.05) is 18.3 Å². The van der Waals surface area contributed by atoms with Crippen LogP contribution in [0.1, 0.15) is 12.5 Å². The quantitative estimate of drug-likeness (QED) is 0.741. The molecule has 0 saturated heterocycles. The van der Waals surface area contributed by atoms with Gasteiger partial charge in [-0.25, -0.2) is 13.2 Å². The van der Waals surface area contributed by atoms with Gasteiger partial charge in [0.15, 0.2) is 11.6 Å². The molecule has 0 heterocycles. The van der Waals surface area contributed by atoms with Crippen LogP contribution in [0.2, 0.25) is 0 Å². The maximum atomic E-state index is 13.2. The van der Waals surface area contributed by atoms with E-state index in [1.807, 2.05) is 0 Å². The van der Waals surface area contributed by atoms with E-state index in [2.05, 4.69) is 10.6 Å². The summed E-state index contributed by atoms with van der Waals surface area (Å²) < 4.78 is 38.9. The van der Waals surface area contributed by atoms with E-state index in [0.29, 0.717) is 6.54 Å². The van der Waals surface area contributed by atoms with Crippen LogP contribution in [0.5, 0.6) is 0 Å². The Morgan fingerprint density at radius 2 is 1.59 bits per heavy atom. The molecule has 5 nitrogen and oxygen atoms in total. The molecule has 2 aromatic carbocycles. The first-order chi connectivity index (χ1) is 12.9. The van der Waals surface area contributed by atoms with Crippen LogP contribution in [0.4, 0.5) is 18.9 Å². The van der Waals surface area contributed by atoms with Gasteiger partial charge in [-0.3, -0.25) is 14.5 Å². The third-order valence-electron chi connectivity index (χ3n) is 3.79. The Kier molecular flexibility index (Phi) is 7.36. The monoisotopic (exact) mass is 379 g/mol. The number of anilines is 1. The molecule has 0 fully saturated rings. The zero-order valence-corrected chi connectivity index (χ0v) is 14.8. The molecular formula is C19H20F3N3O2. The summed E-state index contributed by atoms with van der Waals surface area (Å²) in [6.45, 7) is 2.38. The Balaban J connectivity index is 1.80. The lowest BCUT2D eigenvalue weighted by molar-refractivity contribution is -0.123. The minimum Gasteiger partial charge on any atom is -0.351 e. The number of halogens is 3. The van der Waals surface area contributed by atoms with Gasteiger partial charge in [0.05, 0.1) is 13.1 Å². The maximum absolute atomic E-state index is 13.2. The van der Waals surface area contributed by atoms with Gasteiger partial charge in [0.2, 0.25) is 11.8 Å². The fourth-order valence-electron chi connectivity index (χ4n) is 2.32. The first-order valence-electron chi connectivity index (χ1n) is 8.35. The standard InChI is InChI=1S/C19H20F3N3O2/c1-2-25(11-18(26)23-10-13-3-5-14(20)6-4-13)12-19(27)24-15-7-8-16(21)17(22)9-15/h3-9H,2,10-12H2,1H3,(H,23,26)(H,24,27). The molecule has 0 spiro atoms. The van der Waals surface area contributed by atoms with E-state index < -0.39 is 17.5 Å². The van der Waals surface area contributed by atoms with E-state index in [-0.39, 0.29) is 37.0 Å². The Bertz CT molecular complexity index is 797. The van der Waals surface area contributed by atoms with Crippen molar-refractivity contribution in [3.8, 4) is 0 Å². The Morgan fingerprint density at radius 1 is 0.926 bits per heavy atom. The molecule has 2 N–H and O–H groups in total. The average molecular weight is 379 g/mol. The number of rotatable bonds is 8. The molecule has 2 rings (SSSR count). The van der Waals surface area contributed by atoms with E-state index in [1.54, 1.807) is 24.0 Å². The van der Waals surface area contributed by atoms with Gasteiger partial charge in [0.25, 0.3) is 0 Å². The van der Waals surface area contributed by atoms with Crippen LogP contribution < -0.4 is 10.6 Å². The summed E-state index contributed by atoms with van der Waals surface area (Å²) >= 11 is 0. The van der Waals surface area contributed by atoms with Gasteiger partial charge in [0.1, 0.15) is 5.82 Å². The predicted octanol–water partition coefficient (Wildman–Crippen LogP) is 2.68. The van der Waals surface area contributed by atoms with Crippen LogP contribution in [-0.4, -0.2) is 36.3 Å². The third-order valence-corrected chi connectivity index (χ3v) is 3.79. The van der Waals surface area contributed by atoms with Crippen molar-refractivity contribution in [1.82, 2.24) is 10.2 Å². The van der Waals surface area contributed by atoms with Crippen LogP contribution in [0.15, 0.2) is 42.5 Å². The summed E-state index contributed by atoms with van der Waals surface area (Å²) in [6.07, 6.45) is 0. The van der Waals surface area contributed by atoms with Crippen molar-refractivity contribution in [1.29, 1.82) is 0 Å². The number of hydrogen-bond acceptors (Lipinski definition) is 3. The Morgan fingerprint density at radius 3 is 2.22 bits per heavy atom. The molecule has 8 heteroatoms. The molecule has 27 heavy (non-hydrogen) atoms. The summed E-state index contributed by atoms with van der Waals surface area (Å²) in [5.74, 6) is -3.15. The van der Waals surface area contributed by atoms with Crippen molar-refractivity contribution in [2.24, 2.45) is 0 Å². The van der Waals surface area contributed by atoms with Gasteiger partial charge in [-0.2, -0.15) is 0 Å². The van der Waals surface area contributed by atoms with Crippen molar-refractivity contribution >= 4 is 17.5 Å². The molecule has 0 aliphatic carbocycles. The molecule has 0 unspecified atom stereocenters. The number of carbonyl (C=O) groups is 2. The van der Waals surface area contributed by atoms with Gasteiger partial charge in [-0.15, -0.1) is 0 Å². The highest BCUT2D eigenvalue weighted by atomic mass is 19.2. The molecule has 0 saturated carbocycles. The van der Waals surface area contributed by atoms with Crippen LogP contribution >= 0.6 is 0 Å². The minimum absolute atomic E-state index is 0.0110. The van der Waals surface area contributed by atoms with Crippen LogP contribution in [0.25, 0.3) is 0 Å². The number of carbonyl (C=O) groups excluding carboxylic acids is 2. The molecule has 0 aromatic heterocycles. The van der Waals surface area contributed by atoms with Gasteiger partial charge >= 0.3 is 0 Å². The summed E-state index contributed by atoms with van der Waals surface area (Å²) in [6, 6.07) is 8.82. The third kappa shape index (κ3) is 6.74. The van der Waals surface area contributed by atoms with Crippen molar-refractivity contribution in [2.75, 3.05) is 25.0 Å². The second-order valence-corrected chi connectivity index (χ2v) is 5.88. The number of amides is 2. The number of nitrogens with one attached hydrogen (secondary N) is 2. The van der Waals surface area contributed by atoms with E-state index in [9.17, 15) is 22.8 Å². The number of hydrogen-bond donors (Lipinski definition) is 2. The minimum atomic E-state index is -1.06. The molecule has 0 radical (unpaired) electrons. The predicted molar refractivity (Wildman–Crippen MR) is 95.3 cm³/mol. The average Bonchev–Trinajstić information content (AvgIpc) is 2.63. The van der Waals surface area contributed by atoms with Gasteiger partial charge < -0.3 is 10.6 Å². The fraction of sp³-hybridized carbons (Fsp3) is 0.263. The second kappa shape index (κ2) is 9.72. The number of likely N-dealkylation sites (N-methyl/N-ethyl adjacent to an activating group) is 1. The van der Waals surface area contributed by atoms with E-state index in [1.165, 1.54) is 18.2 Å². The Hall–Kier alpha value is -2.87. The van der Waals surface area contributed by atoms with Crippen molar-refractivity contribution in [2.45, 2.75) is 13.5 Å². The summed E-state index contributed by atoms with van der Waals surface area (Å²) in [4.78, 5) is 25.7. The molecule has 0 aliphatic heterocycles. The van der Waals surface area contributed by atoms with Crippen molar-refractivity contribution in [3.63, 3.8) is 0 Å². The van der Waals surface area contributed by atoms with Gasteiger partial charge in [-0.05, 0) is 36.4 Å². The first-order valence-corrected chi connectivity index (χ1v) is 8.35. The van der Waals surface area contributed by atoms with Crippen molar-refractivity contribution in [3.05, 3.63) is 65.5 Å². The zero-order chi connectivity index (χ0) is 19.8. The lowest BCUT2D eigenvalue weighted by atomic mass is 10.2. The molecule has 0 aliphatic rings. The Labute approximate surface area is 155 Å². The second-order valence-electron chi connectivity index (χ2n) is 5.88. The smallest absolute Gasteiger partial charge is 0.238 e. The zero-order valence-electron chi connectivity index (χ0n) is 14.8. The van der Waals surface area contributed by atoms with Crippen molar-refractivity contribution < 1.29 is 22.8 Å². The largest absolute Gasteiger partial charge is 0.351 e. The fourth-order valence-corrected chi connectivity index (χ4v) is 2.32. The highest BCUT2D eigenvalue weighted by Crippen LogP contribution is 2.13. The highest BCUT2D eigenvalue weighted by molar-refractivity contribution is 5.92. The van der Waals surface area contributed by atoms with Crippen LogP contribution in [0, 0.1) is 17.5 Å². The lowest BCUT2D eigenvalue weighted by Crippen LogP contribution is -2.40. The first kappa shape index (κ1) is 20.4. The van der Waals surface area contributed by atoms with Crippen LogP contribution in [-0.2, 0) is 16.1 Å².